The highest BCUT2D eigenvalue weighted by molar-refractivity contribution is 7.14. The third-order valence-electron chi connectivity index (χ3n) is 1.98. The molecule has 2 N–H and O–H groups in total. The summed E-state index contributed by atoms with van der Waals surface area (Å²) in [5.74, 6) is 0. The van der Waals surface area contributed by atoms with E-state index in [9.17, 15) is 4.79 Å². The molecule has 0 aliphatic rings. The molecule has 0 fully saturated rings. The Morgan fingerprint density at radius 1 is 1.47 bits per heavy atom. The van der Waals surface area contributed by atoms with E-state index < -0.39 is 0 Å². The van der Waals surface area contributed by atoms with Gasteiger partial charge in [0, 0.05) is 18.0 Å². The molecule has 2 aromatic heterocycles. The third kappa shape index (κ3) is 2.40. The molecule has 0 saturated heterocycles. The lowest BCUT2D eigenvalue weighted by Crippen LogP contribution is -2.19. The van der Waals surface area contributed by atoms with E-state index >= 15 is 0 Å². The number of pyridine rings is 1. The minimum absolute atomic E-state index is 0.0634. The van der Waals surface area contributed by atoms with Gasteiger partial charge in [-0.05, 0) is 23.1 Å². The molecule has 0 amide bonds. The largest absolute Gasteiger partial charge is 0.398 e. The van der Waals surface area contributed by atoms with Gasteiger partial charge in [-0.1, -0.05) is 11.6 Å². The number of hydrogen-bond donors (Lipinski definition) is 1. The van der Waals surface area contributed by atoms with Gasteiger partial charge in [0.1, 0.15) is 0 Å². The Labute approximate surface area is 95.7 Å². The molecule has 2 heterocycles. The van der Waals surface area contributed by atoms with Gasteiger partial charge in [-0.15, -0.1) is 11.3 Å². The number of thiophene rings is 1. The van der Waals surface area contributed by atoms with Gasteiger partial charge in [0.05, 0.1) is 10.9 Å². The maximum absolute atomic E-state index is 11.5. The summed E-state index contributed by atoms with van der Waals surface area (Å²) in [5.41, 5.74) is 7.13. The molecule has 0 aromatic carbocycles. The van der Waals surface area contributed by atoms with E-state index in [0.717, 1.165) is 9.90 Å². The van der Waals surface area contributed by atoms with Gasteiger partial charge in [-0.3, -0.25) is 4.79 Å². The zero-order valence-corrected chi connectivity index (χ0v) is 9.39. The lowest BCUT2D eigenvalue weighted by Gasteiger charge is -2.04. The van der Waals surface area contributed by atoms with Crippen LogP contribution in [-0.4, -0.2) is 4.57 Å². The maximum atomic E-state index is 11.5. The molecular weight excluding hydrogens is 232 g/mol. The van der Waals surface area contributed by atoms with Crippen LogP contribution in [0.4, 0.5) is 5.69 Å². The van der Waals surface area contributed by atoms with Crippen LogP contribution in [-0.2, 0) is 6.54 Å². The second kappa shape index (κ2) is 4.08. The molecule has 0 unspecified atom stereocenters. The number of aromatic nitrogens is 1. The van der Waals surface area contributed by atoms with Crippen molar-refractivity contribution < 1.29 is 0 Å². The Morgan fingerprint density at radius 2 is 2.27 bits per heavy atom. The highest BCUT2D eigenvalue weighted by Gasteiger charge is 2.01. The number of halogens is 1. The Balaban J connectivity index is 2.31. The summed E-state index contributed by atoms with van der Waals surface area (Å²) in [4.78, 5) is 11.5. The van der Waals surface area contributed by atoms with Crippen molar-refractivity contribution in [1.82, 2.24) is 4.57 Å². The van der Waals surface area contributed by atoms with Gasteiger partial charge < -0.3 is 10.3 Å². The maximum Gasteiger partial charge on any atom is 0.250 e. The van der Waals surface area contributed by atoms with Crippen LogP contribution in [0.2, 0.25) is 4.34 Å². The number of nitrogen functional groups attached to an aromatic ring is 1. The van der Waals surface area contributed by atoms with Gasteiger partial charge in [0.25, 0.3) is 5.56 Å². The average Bonchev–Trinajstić information content (AvgIpc) is 2.58. The Hall–Kier alpha value is -1.26. The van der Waals surface area contributed by atoms with Crippen molar-refractivity contribution in [2.24, 2.45) is 0 Å². The first kappa shape index (κ1) is 10.3. The molecular formula is C10H9ClN2OS. The number of hydrogen-bond acceptors (Lipinski definition) is 3. The van der Waals surface area contributed by atoms with Crippen LogP contribution in [0, 0.1) is 0 Å². The first-order chi connectivity index (χ1) is 7.15. The molecule has 5 heteroatoms. The van der Waals surface area contributed by atoms with Crippen molar-refractivity contribution in [3.05, 3.63) is 50.0 Å². The van der Waals surface area contributed by atoms with E-state index in [0.29, 0.717) is 12.2 Å². The van der Waals surface area contributed by atoms with Crippen molar-refractivity contribution in [2.45, 2.75) is 6.54 Å². The molecule has 0 saturated carbocycles. The number of nitrogens with two attached hydrogens (primary N) is 1. The molecule has 3 nitrogen and oxygen atoms in total. The minimum Gasteiger partial charge on any atom is -0.398 e. The summed E-state index contributed by atoms with van der Waals surface area (Å²) in [6.45, 7) is 0.507. The molecule has 15 heavy (non-hydrogen) atoms. The normalized spacial score (nSPS) is 10.5. The summed E-state index contributed by atoms with van der Waals surface area (Å²) in [6, 6.07) is 4.91. The fourth-order valence-electron chi connectivity index (χ4n) is 1.30. The topological polar surface area (TPSA) is 48.0 Å². The van der Waals surface area contributed by atoms with Crippen molar-refractivity contribution in [3.8, 4) is 0 Å². The van der Waals surface area contributed by atoms with E-state index in [1.54, 1.807) is 16.8 Å². The average molecular weight is 241 g/mol. The highest BCUT2D eigenvalue weighted by atomic mass is 35.5. The fraction of sp³-hybridized carbons (Fsp3) is 0.100. The molecule has 0 radical (unpaired) electrons. The number of rotatable bonds is 2. The fourth-order valence-corrected chi connectivity index (χ4v) is 2.20. The van der Waals surface area contributed by atoms with Crippen LogP contribution in [0.25, 0.3) is 0 Å². The van der Waals surface area contributed by atoms with Crippen LogP contribution >= 0.6 is 22.9 Å². The van der Waals surface area contributed by atoms with Crippen LogP contribution in [0.15, 0.2) is 34.6 Å². The summed E-state index contributed by atoms with van der Waals surface area (Å²) >= 11 is 7.26. The SMILES string of the molecule is Nc1ccc(=O)n(Cc2csc(Cl)c2)c1. The van der Waals surface area contributed by atoms with Gasteiger partial charge in [-0.25, -0.2) is 0 Å². The standard InChI is InChI=1S/C10H9ClN2OS/c11-9-3-7(6-15-9)4-13-5-8(12)1-2-10(13)14/h1-3,5-6H,4,12H2. The second-order valence-electron chi connectivity index (χ2n) is 3.19. The monoisotopic (exact) mass is 240 g/mol. The number of nitrogens with zero attached hydrogens (tertiary/aromatic N) is 1. The van der Waals surface area contributed by atoms with E-state index in [1.165, 1.54) is 17.4 Å². The molecule has 2 aromatic rings. The molecule has 78 valence electrons. The van der Waals surface area contributed by atoms with Crippen LogP contribution in [0.3, 0.4) is 0 Å². The van der Waals surface area contributed by atoms with Gasteiger partial charge in [-0.2, -0.15) is 0 Å². The van der Waals surface area contributed by atoms with Crippen molar-refractivity contribution in [2.75, 3.05) is 5.73 Å². The quantitative estimate of drug-likeness (QED) is 0.875. The summed E-state index contributed by atoms with van der Waals surface area (Å²) < 4.78 is 2.29. The molecule has 0 atom stereocenters. The highest BCUT2D eigenvalue weighted by Crippen LogP contribution is 2.20. The van der Waals surface area contributed by atoms with Crippen LogP contribution < -0.4 is 11.3 Å². The first-order valence-electron chi connectivity index (χ1n) is 4.34. The lowest BCUT2D eigenvalue weighted by molar-refractivity contribution is 0.764. The van der Waals surface area contributed by atoms with Crippen molar-refractivity contribution in [1.29, 1.82) is 0 Å². The molecule has 0 aliphatic carbocycles. The predicted molar refractivity (Wildman–Crippen MR) is 63.5 cm³/mol. The van der Waals surface area contributed by atoms with Gasteiger partial charge >= 0.3 is 0 Å². The summed E-state index contributed by atoms with van der Waals surface area (Å²) in [7, 11) is 0. The Kier molecular flexibility index (Phi) is 2.79. The smallest absolute Gasteiger partial charge is 0.250 e. The predicted octanol–water partition coefficient (Wildman–Crippen LogP) is 2.19. The Morgan fingerprint density at radius 3 is 2.93 bits per heavy atom. The van der Waals surface area contributed by atoms with Gasteiger partial charge in [0.15, 0.2) is 0 Å². The molecule has 0 aliphatic heterocycles. The van der Waals surface area contributed by atoms with Crippen molar-refractivity contribution >= 4 is 28.6 Å². The van der Waals surface area contributed by atoms with Gasteiger partial charge in [0.2, 0.25) is 0 Å². The zero-order valence-electron chi connectivity index (χ0n) is 7.81. The van der Waals surface area contributed by atoms with Crippen molar-refractivity contribution in [3.63, 3.8) is 0 Å². The summed E-state index contributed by atoms with van der Waals surface area (Å²) in [5, 5.41) is 1.93. The number of anilines is 1. The zero-order chi connectivity index (χ0) is 10.8. The molecule has 0 bridgehead atoms. The molecule has 2 rings (SSSR count). The minimum atomic E-state index is -0.0634. The first-order valence-corrected chi connectivity index (χ1v) is 5.60. The molecule has 0 spiro atoms. The van der Waals surface area contributed by atoms with E-state index in [2.05, 4.69) is 0 Å². The third-order valence-corrected chi connectivity index (χ3v) is 3.12. The van der Waals surface area contributed by atoms with Crippen LogP contribution in [0.5, 0.6) is 0 Å². The second-order valence-corrected chi connectivity index (χ2v) is 4.73. The van der Waals surface area contributed by atoms with E-state index in [-0.39, 0.29) is 5.56 Å². The Bertz CT molecular complexity index is 532. The lowest BCUT2D eigenvalue weighted by atomic mass is 10.3. The van der Waals surface area contributed by atoms with E-state index in [4.69, 9.17) is 17.3 Å². The summed E-state index contributed by atoms with van der Waals surface area (Å²) in [6.07, 6.45) is 1.63. The van der Waals surface area contributed by atoms with Crippen LogP contribution in [0.1, 0.15) is 5.56 Å². The van der Waals surface area contributed by atoms with E-state index in [1.807, 2.05) is 11.4 Å².